The number of anilines is 2. The summed E-state index contributed by atoms with van der Waals surface area (Å²) in [5.74, 6) is -1.42. The molecule has 0 saturated carbocycles. The van der Waals surface area contributed by atoms with Crippen LogP contribution in [-0.2, 0) is 50.7 Å². The summed E-state index contributed by atoms with van der Waals surface area (Å²) in [6.45, 7) is 13.6. The lowest BCUT2D eigenvalue weighted by atomic mass is 9.81. The highest BCUT2D eigenvalue weighted by Crippen LogP contribution is 2.38. The number of hydrogen-bond donors (Lipinski definition) is 8. The number of aromatic nitrogens is 10. The van der Waals surface area contributed by atoms with Crippen LogP contribution >= 0.6 is 73.9 Å². The third-order valence-corrected chi connectivity index (χ3v) is 22.0. The molecule has 41 heteroatoms. The fourth-order valence-electron chi connectivity index (χ4n) is 12.8. The summed E-state index contributed by atoms with van der Waals surface area (Å²) in [4.78, 5) is 109. The first-order chi connectivity index (χ1) is 56.7. The SMILES string of the molecule is C.COC(=O)c1cc(B2OC(C)(C)C(C)(C)O2)c[nH]1.COC(=O)c1cc(Br)c[nH]1.COc1cc(F)cc([C@@H](CO)NC(=O)[C@@H](C)N2CCc3cc(-c4nc(NC5CCOCC5)ncc4Cl)cn3C2=O)c1.COc1cc(F)cc([C@@H](CO)NC(=O)[C@H](C)N2CCc3cc(-c4nc(NC5CCOCC5)ncc4Cl)cn3C2=O)c1.Clc1ncc(Cl)c(Cl)n1. The number of benzene rings is 2. The van der Waals surface area contributed by atoms with E-state index in [1.165, 1.54) is 102 Å². The highest BCUT2D eigenvalue weighted by Gasteiger charge is 2.52. The number of aliphatic hydroxyl groups is 2. The number of methoxy groups -OCH3 is 4. The van der Waals surface area contributed by atoms with Crippen LogP contribution in [0.4, 0.5) is 30.3 Å². The Morgan fingerprint density at radius 2 is 1.02 bits per heavy atom. The van der Waals surface area contributed by atoms with Crippen LogP contribution in [0.15, 0.2) is 109 Å². The molecule has 3 saturated heterocycles. The second kappa shape index (κ2) is 42.8. The zero-order chi connectivity index (χ0) is 86.2. The molecule has 0 spiro atoms. The lowest BCUT2D eigenvalue weighted by Crippen LogP contribution is -2.53. The van der Waals surface area contributed by atoms with Gasteiger partial charge in [0.2, 0.25) is 29.0 Å². The van der Waals surface area contributed by atoms with Crippen LogP contribution in [0.2, 0.25) is 25.5 Å². The van der Waals surface area contributed by atoms with Crippen molar-refractivity contribution >= 4 is 134 Å². The van der Waals surface area contributed by atoms with Crippen molar-refractivity contribution < 1.29 is 85.5 Å². The summed E-state index contributed by atoms with van der Waals surface area (Å²) in [7, 11) is 5.02. The predicted octanol–water partition coefficient (Wildman–Crippen LogP) is 12.5. The number of ether oxygens (including phenoxy) is 6. The van der Waals surface area contributed by atoms with E-state index in [4.69, 9.17) is 86.3 Å². The van der Waals surface area contributed by atoms with Gasteiger partial charge in [-0.2, -0.15) is 0 Å². The Bertz CT molecular complexity index is 4840. The molecule has 7 aromatic heterocycles. The van der Waals surface area contributed by atoms with Crippen LogP contribution in [0.1, 0.15) is 130 Å². The molecular formula is C79H93BBrCl5F2N16O16. The molecule has 0 aliphatic carbocycles. The van der Waals surface area contributed by atoms with Gasteiger partial charge in [-0.15, -0.1) is 0 Å². The van der Waals surface area contributed by atoms with Crippen molar-refractivity contribution in [2.45, 2.75) is 135 Å². The maximum absolute atomic E-state index is 14.0. The van der Waals surface area contributed by atoms with Gasteiger partial charge < -0.3 is 89.0 Å². The Morgan fingerprint density at radius 3 is 1.40 bits per heavy atom. The normalized spacial score (nSPS) is 16.4. The standard InChI is InChI=1S/2C28H32ClFN6O5.C12H18BNO4.C6H6BrNO2.C4HCl3N2.CH4/c2*1-16(26(38)33-24(15-37)17-9-19(30)12-22(11-17)40-2)35-6-3-21-10-18(14-36(21)28(35)39)25-23(29)13-31-27(34-25)32-20-4-7-41-8-5-20;1-11(2)12(3,4)18-13(17-11)8-6-9(14-7-8)10(15)16-5;1-10-6(9)5-2-4(7)3-8-5;5-2-1-8-4(7)9-3(2)6;/h2*9-14,16,20,24,37H,3-8,15H2,1-2H3,(H,33,38)(H,31,32,34);6-7,14H,1-5H3;2-3,8H,1H3;1H;1H4/t16-,24+;16-,24-;;;;/m01..../s1. The average Bonchev–Trinajstić information content (AvgIpc) is 1.63. The second-order valence-electron chi connectivity index (χ2n) is 28.6. The zero-order valence-corrected chi connectivity index (χ0v) is 71.7. The van der Waals surface area contributed by atoms with E-state index in [-0.39, 0.29) is 70.7 Å². The zero-order valence-electron chi connectivity index (χ0n) is 66.4. The molecule has 0 unspecified atom stereocenters. The van der Waals surface area contributed by atoms with Gasteiger partial charge in [0.25, 0.3) is 0 Å². The average molecular weight is 1830 g/mol. The van der Waals surface area contributed by atoms with E-state index < -0.39 is 73.9 Å². The number of nitrogens with zero attached hydrogens (tertiary/aromatic N) is 10. The van der Waals surface area contributed by atoms with Crippen molar-refractivity contribution in [1.82, 2.24) is 69.4 Å². The smallest absolute Gasteiger partial charge is 0.496 e. The first-order valence-corrected chi connectivity index (χ1v) is 40.1. The molecule has 9 aromatic rings. The fourth-order valence-corrected chi connectivity index (χ4v) is 14.0. The minimum absolute atomic E-state index is 0. The number of halogens is 8. The molecule has 14 rings (SSSR count). The topological polar surface area (TPSA) is 390 Å². The number of amides is 4. The molecule has 2 aromatic carbocycles. The maximum atomic E-state index is 14.0. The Balaban J connectivity index is 0.000000192. The van der Waals surface area contributed by atoms with Gasteiger partial charge in [-0.3, -0.25) is 18.7 Å². The number of aliphatic hydroxyl groups excluding tert-OH is 2. The number of esters is 2. The number of carbonyl (C=O) groups is 6. The molecule has 8 N–H and O–H groups in total. The monoisotopic (exact) mass is 1820 g/mol. The Labute approximate surface area is 724 Å². The summed E-state index contributed by atoms with van der Waals surface area (Å²) < 4.78 is 73.7. The number of nitrogens with one attached hydrogen (secondary N) is 6. The van der Waals surface area contributed by atoms with Gasteiger partial charge >= 0.3 is 31.1 Å². The molecule has 5 aliphatic heterocycles. The van der Waals surface area contributed by atoms with Crippen molar-refractivity contribution in [3.05, 3.63) is 180 Å². The molecule has 12 heterocycles. The van der Waals surface area contributed by atoms with Crippen LogP contribution in [0.5, 0.6) is 11.5 Å². The predicted molar refractivity (Wildman–Crippen MR) is 451 cm³/mol. The van der Waals surface area contributed by atoms with E-state index in [0.29, 0.717) is 124 Å². The maximum Gasteiger partial charge on any atom is 0.496 e. The van der Waals surface area contributed by atoms with Crippen LogP contribution in [0, 0.1) is 11.6 Å². The van der Waals surface area contributed by atoms with Crippen LogP contribution in [0.25, 0.3) is 22.5 Å². The van der Waals surface area contributed by atoms with E-state index in [9.17, 15) is 47.8 Å². The lowest BCUT2D eigenvalue weighted by Gasteiger charge is -2.33. The highest BCUT2D eigenvalue weighted by molar-refractivity contribution is 9.10. The number of aromatic amines is 2. The van der Waals surface area contributed by atoms with Crippen LogP contribution in [0.3, 0.4) is 0 Å². The molecular weight excluding hydrogens is 1730 g/mol. The summed E-state index contributed by atoms with van der Waals surface area (Å²) >= 11 is 32.4. The van der Waals surface area contributed by atoms with Crippen LogP contribution in [-0.4, -0.2) is 228 Å². The largest absolute Gasteiger partial charge is 0.497 e. The van der Waals surface area contributed by atoms with E-state index in [1.807, 2.05) is 39.8 Å². The summed E-state index contributed by atoms with van der Waals surface area (Å²) in [5.41, 5.74) is 5.40. The molecule has 644 valence electrons. The summed E-state index contributed by atoms with van der Waals surface area (Å²) in [6, 6.07) is 11.2. The summed E-state index contributed by atoms with van der Waals surface area (Å²) in [6.07, 6.45) is 15.5. The first kappa shape index (κ1) is 94.3. The fraction of sp³-hybridized carbons (Fsp3) is 0.418. The number of fused-ring (bicyclic) bond motifs is 2. The van der Waals surface area contributed by atoms with Gasteiger partial charge in [0.15, 0.2) is 5.15 Å². The van der Waals surface area contributed by atoms with E-state index in [0.717, 1.165) is 47.0 Å². The third kappa shape index (κ3) is 24.0. The van der Waals surface area contributed by atoms with Gasteiger partial charge in [0, 0.05) is 134 Å². The number of carbonyl (C=O) groups excluding carboxylic acids is 6. The molecule has 0 radical (unpaired) electrons. The quantitative estimate of drug-likeness (QED) is 0.0143. The lowest BCUT2D eigenvalue weighted by molar-refractivity contribution is -0.126. The molecule has 3 fully saturated rings. The van der Waals surface area contributed by atoms with Crippen molar-refractivity contribution in [3.8, 4) is 34.0 Å². The Hall–Kier alpha value is -9.57. The molecule has 0 bridgehead atoms. The minimum atomic E-state index is -0.882. The van der Waals surface area contributed by atoms with Crippen molar-refractivity contribution in [2.24, 2.45) is 0 Å². The van der Waals surface area contributed by atoms with Gasteiger partial charge in [-0.05, 0) is 154 Å². The second-order valence-corrected chi connectivity index (χ2v) is 31.4. The van der Waals surface area contributed by atoms with Crippen molar-refractivity contribution in [2.75, 3.05) is 91.8 Å². The Morgan fingerprint density at radius 1 is 0.600 bits per heavy atom. The minimum Gasteiger partial charge on any atom is -0.497 e. The number of rotatable bonds is 21. The molecule has 120 heavy (non-hydrogen) atoms. The van der Waals surface area contributed by atoms with E-state index in [1.54, 1.807) is 50.8 Å². The first-order valence-electron chi connectivity index (χ1n) is 37.4. The van der Waals surface area contributed by atoms with Crippen molar-refractivity contribution in [1.29, 1.82) is 0 Å². The van der Waals surface area contributed by atoms with Gasteiger partial charge in [-0.1, -0.05) is 53.8 Å². The van der Waals surface area contributed by atoms with Crippen molar-refractivity contribution in [3.63, 3.8) is 0 Å². The third-order valence-electron chi connectivity index (χ3n) is 20.2. The Kier molecular flexibility index (Phi) is 33.6. The van der Waals surface area contributed by atoms with Gasteiger partial charge in [0.05, 0.1) is 110 Å². The van der Waals surface area contributed by atoms with Crippen LogP contribution < -0.4 is 36.2 Å². The molecule has 4 amide bonds. The highest BCUT2D eigenvalue weighted by atomic mass is 79.9. The molecule has 32 nitrogen and oxygen atoms in total. The summed E-state index contributed by atoms with van der Waals surface area (Å²) in [5, 5.41) is 33.2. The van der Waals surface area contributed by atoms with Gasteiger partial charge in [-0.25, -0.2) is 57.9 Å². The number of H-pyrrole nitrogens is 2. The number of hydrogen-bond acceptors (Lipinski definition) is 24. The van der Waals surface area contributed by atoms with E-state index >= 15 is 0 Å². The van der Waals surface area contributed by atoms with E-state index in [2.05, 4.69) is 86.5 Å². The molecule has 4 atom stereocenters. The van der Waals surface area contributed by atoms with Gasteiger partial charge in [0.1, 0.15) is 46.6 Å². The molecule has 5 aliphatic rings.